The van der Waals surface area contributed by atoms with Crippen molar-refractivity contribution in [2.75, 3.05) is 6.61 Å². The number of nitrogens with one attached hydrogen (secondary N) is 3. The Kier molecular flexibility index (Phi) is 4.62. The molecule has 1 fully saturated rings. The Morgan fingerprint density at radius 2 is 2.17 bits per heavy atom. The molecule has 0 aliphatic carbocycles. The number of piperidine rings is 1. The molecule has 1 aliphatic heterocycles. The predicted octanol–water partition coefficient (Wildman–Crippen LogP) is -1.63. The van der Waals surface area contributed by atoms with Gasteiger partial charge in [-0.3, -0.25) is 14.9 Å². The first-order valence-electron chi connectivity index (χ1n) is 5.14. The highest BCUT2D eigenvalue weighted by Crippen LogP contribution is 2.05. The fraction of sp³-hybridized carbons (Fsp3) is 0.625. The molecular formula is C8H13N3O6S. The summed E-state index contributed by atoms with van der Waals surface area (Å²) in [5.74, 6) is -1.21. The number of hydrogen-bond donors (Lipinski definition) is 3. The zero-order valence-electron chi connectivity index (χ0n) is 9.56. The van der Waals surface area contributed by atoms with Crippen molar-refractivity contribution in [3.05, 3.63) is 0 Å². The Labute approximate surface area is 103 Å². The minimum Gasteiger partial charge on any atom is -0.449 e. The quantitative estimate of drug-likeness (QED) is 0.530. The van der Waals surface area contributed by atoms with E-state index in [1.54, 1.807) is 4.72 Å². The maximum atomic E-state index is 11.4. The lowest BCUT2D eigenvalue weighted by Gasteiger charge is -2.21. The molecule has 0 aromatic carbocycles. The highest BCUT2D eigenvalue weighted by Gasteiger charge is 2.30. The Balaban J connectivity index is 2.57. The van der Waals surface area contributed by atoms with E-state index in [1.807, 2.05) is 10.0 Å². The van der Waals surface area contributed by atoms with E-state index in [1.165, 1.54) is 6.92 Å². The third kappa shape index (κ3) is 4.30. The maximum absolute atomic E-state index is 11.4. The molecular weight excluding hydrogens is 266 g/mol. The van der Waals surface area contributed by atoms with E-state index in [9.17, 15) is 22.8 Å². The average molecular weight is 279 g/mol. The van der Waals surface area contributed by atoms with Crippen molar-refractivity contribution in [3.8, 4) is 0 Å². The molecule has 0 spiro atoms. The van der Waals surface area contributed by atoms with Crippen molar-refractivity contribution in [2.45, 2.75) is 25.8 Å². The summed E-state index contributed by atoms with van der Waals surface area (Å²) >= 11 is 0. The number of amides is 3. The van der Waals surface area contributed by atoms with Gasteiger partial charge in [0.05, 0.1) is 6.61 Å². The highest BCUT2D eigenvalue weighted by molar-refractivity contribution is 7.88. The summed E-state index contributed by atoms with van der Waals surface area (Å²) in [5.41, 5.74) is 0. The zero-order valence-corrected chi connectivity index (χ0v) is 10.4. The lowest BCUT2D eigenvalue weighted by Crippen LogP contribution is -2.55. The monoisotopic (exact) mass is 279 g/mol. The van der Waals surface area contributed by atoms with Crippen molar-refractivity contribution < 1.29 is 27.5 Å². The molecule has 0 aromatic heterocycles. The van der Waals surface area contributed by atoms with Gasteiger partial charge in [0, 0.05) is 6.42 Å². The van der Waals surface area contributed by atoms with E-state index in [0.717, 1.165) is 0 Å². The summed E-state index contributed by atoms with van der Waals surface area (Å²) < 4.78 is 30.8. The second kappa shape index (κ2) is 5.78. The standard InChI is InChI=1S/C8H13N3O6S/c1-2-17-8(14)11-18(15,16)10-5-3-4-6(12)9-7(5)13/h5,10H,2-4H2,1H3,(H,11,14)(H,9,12,13). The zero-order chi connectivity index (χ0) is 13.8. The SMILES string of the molecule is CCOC(=O)NS(=O)(=O)NC1CCC(=O)NC1=O. The van der Waals surface area contributed by atoms with Crippen LogP contribution in [-0.2, 0) is 24.5 Å². The molecule has 0 aromatic rings. The van der Waals surface area contributed by atoms with Gasteiger partial charge in [0.1, 0.15) is 6.04 Å². The first kappa shape index (κ1) is 14.4. The van der Waals surface area contributed by atoms with E-state index >= 15 is 0 Å². The van der Waals surface area contributed by atoms with Gasteiger partial charge in [0.15, 0.2) is 0 Å². The van der Waals surface area contributed by atoms with Gasteiger partial charge in [-0.15, -0.1) is 0 Å². The van der Waals surface area contributed by atoms with E-state index in [4.69, 9.17) is 0 Å². The van der Waals surface area contributed by atoms with Crippen LogP contribution < -0.4 is 14.8 Å². The number of carbonyl (C=O) groups excluding carboxylic acids is 3. The lowest BCUT2D eigenvalue weighted by atomic mass is 10.1. The van der Waals surface area contributed by atoms with Crippen molar-refractivity contribution in [1.29, 1.82) is 0 Å². The average Bonchev–Trinajstić information content (AvgIpc) is 2.21. The third-order valence-electron chi connectivity index (χ3n) is 2.03. The van der Waals surface area contributed by atoms with Crippen LogP contribution >= 0.6 is 0 Å². The molecule has 10 heteroatoms. The summed E-state index contributed by atoms with van der Waals surface area (Å²) in [7, 11) is -4.20. The molecule has 1 heterocycles. The minimum atomic E-state index is -4.20. The van der Waals surface area contributed by atoms with Crippen LogP contribution in [0.3, 0.4) is 0 Å². The van der Waals surface area contributed by atoms with Gasteiger partial charge in [-0.1, -0.05) is 0 Å². The van der Waals surface area contributed by atoms with Gasteiger partial charge < -0.3 is 4.74 Å². The summed E-state index contributed by atoms with van der Waals surface area (Å²) in [6, 6.07) is -1.09. The molecule has 1 saturated heterocycles. The summed E-state index contributed by atoms with van der Waals surface area (Å²) in [4.78, 5) is 33.1. The number of imide groups is 1. The molecule has 1 aliphatic rings. The fourth-order valence-electron chi connectivity index (χ4n) is 1.29. The van der Waals surface area contributed by atoms with E-state index < -0.39 is 34.2 Å². The molecule has 3 N–H and O–H groups in total. The molecule has 1 rings (SSSR count). The number of ether oxygens (including phenoxy) is 1. The van der Waals surface area contributed by atoms with Crippen molar-refractivity contribution >= 4 is 28.1 Å². The Hall–Kier alpha value is -1.68. The van der Waals surface area contributed by atoms with Gasteiger partial charge in [0.2, 0.25) is 11.8 Å². The van der Waals surface area contributed by atoms with Crippen molar-refractivity contribution in [1.82, 2.24) is 14.8 Å². The molecule has 18 heavy (non-hydrogen) atoms. The van der Waals surface area contributed by atoms with Crippen molar-refractivity contribution in [3.63, 3.8) is 0 Å². The molecule has 9 nitrogen and oxygen atoms in total. The topological polar surface area (TPSA) is 131 Å². The Morgan fingerprint density at radius 3 is 2.72 bits per heavy atom. The normalized spacial score (nSPS) is 20.2. The largest absolute Gasteiger partial charge is 0.449 e. The highest BCUT2D eigenvalue weighted by atomic mass is 32.2. The minimum absolute atomic E-state index is 0.0137. The first-order valence-corrected chi connectivity index (χ1v) is 6.63. The van der Waals surface area contributed by atoms with Gasteiger partial charge in [-0.25, -0.2) is 9.52 Å². The van der Waals surface area contributed by atoms with Crippen molar-refractivity contribution in [2.24, 2.45) is 0 Å². The fourth-order valence-corrected chi connectivity index (χ4v) is 2.23. The molecule has 1 atom stereocenters. The molecule has 3 amide bonds. The Morgan fingerprint density at radius 1 is 1.50 bits per heavy atom. The van der Waals surface area contributed by atoms with Gasteiger partial charge in [-0.2, -0.15) is 13.1 Å². The first-order chi connectivity index (χ1) is 8.34. The number of hydrogen-bond acceptors (Lipinski definition) is 6. The van der Waals surface area contributed by atoms with Gasteiger partial charge >= 0.3 is 16.3 Å². The summed E-state index contributed by atoms with van der Waals surface area (Å²) in [5, 5.41) is 1.98. The number of rotatable bonds is 4. The van der Waals surface area contributed by atoms with Crippen LogP contribution in [0, 0.1) is 0 Å². The number of carbonyl (C=O) groups is 3. The molecule has 1 unspecified atom stereocenters. The molecule has 0 saturated carbocycles. The van der Waals surface area contributed by atoms with E-state index in [2.05, 4.69) is 4.74 Å². The third-order valence-corrected chi connectivity index (χ3v) is 3.06. The van der Waals surface area contributed by atoms with Crippen LogP contribution in [0.25, 0.3) is 0 Å². The van der Waals surface area contributed by atoms with Gasteiger partial charge in [-0.05, 0) is 13.3 Å². The molecule has 102 valence electrons. The van der Waals surface area contributed by atoms with Gasteiger partial charge in [0.25, 0.3) is 0 Å². The summed E-state index contributed by atoms with van der Waals surface area (Å²) in [6.07, 6.45) is -1.08. The maximum Gasteiger partial charge on any atom is 0.421 e. The second-order valence-electron chi connectivity index (χ2n) is 3.45. The lowest BCUT2D eigenvalue weighted by molar-refractivity contribution is -0.134. The molecule has 0 radical (unpaired) electrons. The van der Waals surface area contributed by atoms with E-state index in [0.29, 0.717) is 0 Å². The van der Waals surface area contributed by atoms with Crippen LogP contribution in [0.1, 0.15) is 19.8 Å². The predicted molar refractivity (Wildman–Crippen MR) is 58.4 cm³/mol. The van der Waals surface area contributed by atoms with Crippen LogP contribution in [0.5, 0.6) is 0 Å². The Bertz CT molecular complexity index is 459. The smallest absolute Gasteiger partial charge is 0.421 e. The van der Waals surface area contributed by atoms with Crippen LogP contribution in [0.15, 0.2) is 0 Å². The summed E-state index contributed by atoms with van der Waals surface area (Å²) in [6.45, 7) is 1.53. The van der Waals surface area contributed by atoms with Crippen LogP contribution in [0.4, 0.5) is 4.79 Å². The van der Waals surface area contributed by atoms with E-state index in [-0.39, 0.29) is 19.4 Å². The second-order valence-corrected chi connectivity index (χ2v) is 4.89. The van der Waals surface area contributed by atoms with Crippen LogP contribution in [-0.4, -0.2) is 39.0 Å². The van der Waals surface area contributed by atoms with Crippen LogP contribution in [0.2, 0.25) is 0 Å². The molecule has 0 bridgehead atoms.